The first-order valence-corrected chi connectivity index (χ1v) is 8.73. The number of nitrogens with zero attached hydrogens (tertiary/aromatic N) is 3. The zero-order valence-electron chi connectivity index (χ0n) is 14.8. The molecule has 2 atom stereocenters. The van der Waals surface area contributed by atoms with Crippen molar-refractivity contribution in [2.24, 2.45) is 7.05 Å². The van der Waals surface area contributed by atoms with Crippen LogP contribution in [0.4, 0.5) is 4.39 Å². The molecule has 6 heteroatoms. The number of nitrogens with one attached hydrogen (secondary N) is 1. The zero-order valence-corrected chi connectivity index (χ0v) is 14.8. The highest BCUT2D eigenvalue weighted by molar-refractivity contribution is 5.73. The van der Waals surface area contributed by atoms with Gasteiger partial charge in [-0.1, -0.05) is 12.1 Å². The molecule has 0 radical (unpaired) electrons. The van der Waals surface area contributed by atoms with Crippen molar-refractivity contribution in [1.82, 2.24) is 19.8 Å². The zero-order chi connectivity index (χ0) is 17.8. The highest BCUT2D eigenvalue weighted by Gasteiger charge is 2.32. The van der Waals surface area contributed by atoms with Gasteiger partial charge in [-0.25, -0.2) is 9.37 Å². The number of imidazole rings is 1. The van der Waals surface area contributed by atoms with Gasteiger partial charge in [-0.2, -0.15) is 0 Å². The number of likely N-dealkylation sites (tertiary alicyclic amines) is 1. The molecule has 0 spiro atoms. The van der Waals surface area contributed by atoms with E-state index in [1.54, 1.807) is 25.4 Å². The van der Waals surface area contributed by atoms with Gasteiger partial charge in [0.15, 0.2) is 0 Å². The van der Waals surface area contributed by atoms with Gasteiger partial charge in [0.2, 0.25) is 5.91 Å². The van der Waals surface area contributed by atoms with Crippen molar-refractivity contribution in [3.8, 4) is 0 Å². The predicted octanol–water partition coefficient (Wildman–Crippen LogP) is 2.27. The number of rotatable bonds is 5. The largest absolute Gasteiger partial charge is 0.352 e. The van der Waals surface area contributed by atoms with Crippen molar-refractivity contribution in [3.63, 3.8) is 0 Å². The average Bonchev–Trinajstić information content (AvgIpc) is 2.95. The second-order valence-electron chi connectivity index (χ2n) is 6.85. The van der Waals surface area contributed by atoms with Crippen molar-refractivity contribution in [3.05, 3.63) is 53.9 Å². The Morgan fingerprint density at radius 2 is 2.28 bits per heavy atom. The minimum absolute atomic E-state index is 0.0195. The predicted molar refractivity (Wildman–Crippen MR) is 94.3 cm³/mol. The average molecular weight is 344 g/mol. The van der Waals surface area contributed by atoms with E-state index in [0.29, 0.717) is 6.42 Å². The first kappa shape index (κ1) is 17.6. The fourth-order valence-electron chi connectivity index (χ4n) is 3.69. The van der Waals surface area contributed by atoms with E-state index in [-0.39, 0.29) is 23.8 Å². The normalized spacial score (nSPS) is 21.2. The van der Waals surface area contributed by atoms with E-state index in [9.17, 15) is 9.18 Å². The molecule has 5 nitrogen and oxygen atoms in total. The Hall–Kier alpha value is -2.21. The van der Waals surface area contributed by atoms with Crippen molar-refractivity contribution in [2.45, 2.75) is 44.8 Å². The first-order valence-electron chi connectivity index (χ1n) is 8.73. The summed E-state index contributed by atoms with van der Waals surface area (Å²) < 4.78 is 15.5. The molecule has 1 aromatic carbocycles. The van der Waals surface area contributed by atoms with Crippen LogP contribution in [0.15, 0.2) is 36.8 Å². The number of hydrogen-bond acceptors (Lipinski definition) is 3. The fourth-order valence-corrected chi connectivity index (χ4v) is 3.69. The van der Waals surface area contributed by atoms with E-state index in [0.717, 1.165) is 37.2 Å². The van der Waals surface area contributed by atoms with E-state index < -0.39 is 0 Å². The summed E-state index contributed by atoms with van der Waals surface area (Å²) in [5.74, 6) is -0.241. The number of carbonyl (C=O) groups is 1. The van der Waals surface area contributed by atoms with Crippen molar-refractivity contribution in [1.29, 1.82) is 0 Å². The molecule has 2 aromatic rings. The van der Waals surface area contributed by atoms with E-state index in [4.69, 9.17) is 0 Å². The summed E-state index contributed by atoms with van der Waals surface area (Å²) in [4.78, 5) is 18.4. The summed E-state index contributed by atoms with van der Waals surface area (Å²) in [6.45, 7) is 3.24. The minimum atomic E-state index is -0.222. The van der Waals surface area contributed by atoms with Crippen LogP contribution in [0.2, 0.25) is 0 Å². The monoisotopic (exact) mass is 344 g/mol. The lowest BCUT2D eigenvalue weighted by atomic mass is 9.90. The van der Waals surface area contributed by atoms with E-state index in [2.05, 4.69) is 15.2 Å². The third-order valence-electron chi connectivity index (χ3n) is 4.74. The number of amides is 1. The van der Waals surface area contributed by atoms with Crippen LogP contribution in [0.5, 0.6) is 0 Å². The van der Waals surface area contributed by atoms with Gasteiger partial charge in [-0.15, -0.1) is 0 Å². The van der Waals surface area contributed by atoms with Gasteiger partial charge in [-0.05, 0) is 43.5 Å². The van der Waals surface area contributed by atoms with Gasteiger partial charge in [-0.3, -0.25) is 9.69 Å². The Labute approximate surface area is 147 Å². The van der Waals surface area contributed by atoms with Gasteiger partial charge >= 0.3 is 0 Å². The Balaban J connectivity index is 1.81. The van der Waals surface area contributed by atoms with Gasteiger partial charge in [0, 0.05) is 38.8 Å². The molecule has 1 fully saturated rings. The maximum atomic E-state index is 13.6. The number of hydrogen-bond donors (Lipinski definition) is 1. The van der Waals surface area contributed by atoms with E-state index >= 15 is 0 Å². The van der Waals surface area contributed by atoms with Crippen LogP contribution in [0.3, 0.4) is 0 Å². The number of aryl methyl sites for hydroxylation is 1. The van der Waals surface area contributed by atoms with Gasteiger partial charge in [0.1, 0.15) is 5.82 Å². The molecule has 0 bridgehead atoms. The maximum absolute atomic E-state index is 13.6. The second-order valence-corrected chi connectivity index (χ2v) is 6.85. The maximum Gasteiger partial charge on any atom is 0.217 e. The van der Waals surface area contributed by atoms with Crippen LogP contribution in [-0.4, -0.2) is 39.0 Å². The van der Waals surface area contributed by atoms with Crippen LogP contribution in [0, 0.1) is 5.82 Å². The third kappa shape index (κ3) is 4.66. The summed E-state index contributed by atoms with van der Waals surface area (Å²) in [5, 5.41) is 3.09. The molecule has 1 amide bonds. The minimum Gasteiger partial charge on any atom is -0.352 e. The van der Waals surface area contributed by atoms with Crippen LogP contribution >= 0.6 is 0 Å². The smallest absolute Gasteiger partial charge is 0.217 e. The Bertz CT molecular complexity index is 730. The molecular weight excluding hydrogens is 319 g/mol. The molecule has 0 aliphatic carbocycles. The SMILES string of the molecule is CC(=O)N[C@H]1CCCN(Cc2cn(C)cn2)[C@H]1Cc1cccc(F)c1. The van der Waals surface area contributed by atoms with Crippen LogP contribution in [0.1, 0.15) is 31.0 Å². The fraction of sp³-hybridized carbons (Fsp3) is 0.474. The van der Waals surface area contributed by atoms with Crippen LogP contribution < -0.4 is 5.32 Å². The molecule has 25 heavy (non-hydrogen) atoms. The molecule has 1 saturated heterocycles. The molecule has 1 aliphatic heterocycles. The Kier molecular flexibility index (Phi) is 5.48. The lowest BCUT2D eigenvalue weighted by Gasteiger charge is -2.41. The molecular formula is C19H25FN4O. The van der Waals surface area contributed by atoms with Gasteiger partial charge in [0.25, 0.3) is 0 Å². The summed E-state index contributed by atoms with van der Waals surface area (Å²) in [6, 6.07) is 6.92. The molecule has 3 rings (SSSR count). The first-order chi connectivity index (χ1) is 12.0. The van der Waals surface area contributed by atoms with Gasteiger partial charge < -0.3 is 9.88 Å². The van der Waals surface area contributed by atoms with E-state index in [1.807, 2.05) is 23.9 Å². The number of carbonyl (C=O) groups excluding carboxylic acids is 1. The molecule has 0 unspecified atom stereocenters. The lowest BCUT2D eigenvalue weighted by molar-refractivity contribution is -0.120. The summed E-state index contributed by atoms with van der Waals surface area (Å²) in [7, 11) is 1.96. The molecule has 134 valence electrons. The quantitative estimate of drug-likeness (QED) is 0.905. The summed E-state index contributed by atoms with van der Waals surface area (Å²) in [5.41, 5.74) is 1.96. The molecule has 0 saturated carbocycles. The Morgan fingerprint density at radius 3 is 2.96 bits per heavy atom. The van der Waals surface area contributed by atoms with Crippen LogP contribution in [-0.2, 0) is 24.8 Å². The summed E-state index contributed by atoms with van der Waals surface area (Å²) >= 11 is 0. The topological polar surface area (TPSA) is 50.2 Å². The van der Waals surface area contributed by atoms with E-state index in [1.165, 1.54) is 6.07 Å². The Morgan fingerprint density at radius 1 is 1.44 bits per heavy atom. The molecule has 2 heterocycles. The second kappa shape index (κ2) is 7.78. The number of benzene rings is 1. The molecule has 1 N–H and O–H groups in total. The molecule has 1 aliphatic rings. The summed E-state index contributed by atoms with van der Waals surface area (Å²) in [6.07, 6.45) is 6.48. The highest BCUT2D eigenvalue weighted by atomic mass is 19.1. The van der Waals surface area contributed by atoms with Crippen LogP contribution in [0.25, 0.3) is 0 Å². The number of halogens is 1. The van der Waals surface area contributed by atoms with Crippen molar-refractivity contribution in [2.75, 3.05) is 6.54 Å². The van der Waals surface area contributed by atoms with Crippen molar-refractivity contribution < 1.29 is 9.18 Å². The standard InChI is InChI=1S/C19H25FN4O/c1-14(25)22-18-7-4-8-24(12-17-11-23(2)13-21-17)19(18)10-15-5-3-6-16(20)9-15/h3,5-6,9,11,13,18-19H,4,7-8,10,12H2,1-2H3,(H,22,25)/t18-,19-/m0/s1. The van der Waals surface area contributed by atoms with Crippen molar-refractivity contribution >= 4 is 5.91 Å². The molecule has 1 aromatic heterocycles. The number of piperidine rings is 1. The third-order valence-corrected chi connectivity index (χ3v) is 4.74. The van der Waals surface area contributed by atoms with Gasteiger partial charge in [0.05, 0.1) is 12.0 Å². The lowest BCUT2D eigenvalue weighted by Crippen LogP contribution is -2.55. The number of aromatic nitrogens is 2. The highest BCUT2D eigenvalue weighted by Crippen LogP contribution is 2.23.